The first-order chi connectivity index (χ1) is 12.6. The van der Waals surface area contributed by atoms with Crippen molar-refractivity contribution in [3.8, 4) is 5.75 Å². The molecule has 6 heteroatoms. The summed E-state index contributed by atoms with van der Waals surface area (Å²) in [4.78, 5) is 18.0. The normalized spacial score (nSPS) is 23.0. The zero-order valence-electron chi connectivity index (χ0n) is 15.8. The molecule has 0 aliphatic carbocycles. The number of benzene rings is 1. The molecule has 0 bridgehead atoms. The fourth-order valence-corrected chi connectivity index (χ4v) is 3.82. The number of para-hydroxylation sites is 1. The van der Waals surface area contributed by atoms with Crippen LogP contribution in [0.5, 0.6) is 5.75 Å². The van der Waals surface area contributed by atoms with Crippen LogP contribution in [0.1, 0.15) is 24.8 Å². The molecular formula is C20H31N3O3. The van der Waals surface area contributed by atoms with Crippen LogP contribution in [0, 0.1) is 0 Å². The van der Waals surface area contributed by atoms with Crippen LogP contribution in [0.3, 0.4) is 0 Å². The van der Waals surface area contributed by atoms with Gasteiger partial charge in [0.15, 0.2) is 0 Å². The molecule has 1 aromatic carbocycles. The van der Waals surface area contributed by atoms with Gasteiger partial charge in [-0.1, -0.05) is 24.6 Å². The van der Waals surface area contributed by atoms with Crippen molar-refractivity contribution in [1.29, 1.82) is 0 Å². The summed E-state index contributed by atoms with van der Waals surface area (Å²) >= 11 is 0. The molecule has 144 valence electrons. The van der Waals surface area contributed by atoms with Gasteiger partial charge in [-0.25, -0.2) is 0 Å². The minimum absolute atomic E-state index is 0.434. The molecule has 2 heterocycles. The number of hydrogen-bond acceptors (Lipinski definition) is 5. The standard InChI is InChI=1S/C20H31N3O3/c1-21-11-12-23(16-18(21)20(24)25)15-17-7-3-4-8-19(17)26-14-13-22-9-5-2-6-10-22/h3-4,7-8,18H,2,5-6,9-16H2,1H3,(H,24,25). The second-order valence-electron chi connectivity index (χ2n) is 7.43. The molecule has 0 radical (unpaired) electrons. The van der Waals surface area contributed by atoms with E-state index in [2.05, 4.69) is 15.9 Å². The molecule has 1 N–H and O–H groups in total. The lowest BCUT2D eigenvalue weighted by Gasteiger charge is -2.37. The van der Waals surface area contributed by atoms with Gasteiger partial charge >= 0.3 is 5.97 Å². The first-order valence-electron chi connectivity index (χ1n) is 9.72. The smallest absolute Gasteiger partial charge is 0.322 e. The van der Waals surface area contributed by atoms with E-state index in [1.54, 1.807) is 0 Å². The fourth-order valence-electron chi connectivity index (χ4n) is 3.82. The number of likely N-dealkylation sites (N-methyl/N-ethyl adjacent to an activating group) is 1. The van der Waals surface area contributed by atoms with E-state index in [0.29, 0.717) is 13.2 Å². The highest BCUT2D eigenvalue weighted by Crippen LogP contribution is 2.21. The minimum atomic E-state index is -0.747. The van der Waals surface area contributed by atoms with Crippen molar-refractivity contribution < 1.29 is 14.6 Å². The third-order valence-electron chi connectivity index (χ3n) is 5.50. The largest absolute Gasteiger partial charge is 0.492 e. The highest BCUT2D eigenvalue weighted by molar-refractivity contribution is 5.73. The van der Waals surface area contributed by atoms with Gasteiger partial charge in [-0.15, -0.1) is 0 Å². The molecule has 1 atom stereocenters. The van der Waals surface area contributed by atoms with Crippen LogP contribution in [-0.4, -0.2) is 84.7 Å². The number of hydrogen-bond donors (Lipinski definition) is 1. The van der Waals surface area contributed by atoms with Gasteiger partial charge in [0.05, 0.1) is 0 Å². The molecule has 6 nitrogen and oxygen atoms in total. The predicted molar refractivity (Wildman–Crippen MR) is 102 cm³/mol. The van der Waals surface area contributed by atoms with Crippen LogP contribution < -0.4 is 4.74 Å². The van der Waals surface area contributed by atoms with E-state index in [-0.39, 0.29) is 0 Å². The van der Waals surface area contributed by atoms with E-state index in [4.69, 9.17) is 4.74 Å². The zero-order chi connectivity index (χ0) is 18.4. The Morgan fingerprint density at radius 2 is 1.88 bits per heavy atom. The Kier molecular flexibility index (Phi) is 6.88. The van der Waals surface area contributed by atoms with Crippen molar-refractivity contribution in [2.45, 2.75) is 31.8 Å². The summed E-state index contributed by atoms with van der Waals surface area (Å²) in [5, 5.41) is 9.39. The van der Waals surface area contributed by atoms with Gasteiger partial charge in [-0.05, 0) is 39.0 Å². The molecule has 0 spiro atoms. The zero-order valence-corrected chi connectivity index (χ0v) is 15.8. The lowest BCUT2D eigenvalue weighted by molar-refractivity contribution is -0.145. The van der Waals surface area contributed by atoms with Gasteiger partial charge in [0, 0.05) is 38.3 Å². The fraction of sp³-hybridized carbons (Fsp3) is 0.650. The molecule has 26 heavy (non-hydrogen) atoms. The number of piperazine rings is 1. The van der Waals surface area contributed by atoms with Crippen molar-refractivity contribution in [3.63, 3.8) is 0 Å². The van der Waals surface area contributed by atoms with Crippen LogP contribution in [0.25, 0.3) is 0 Å². The predicted octanol–water partition coefficient (Wildman–Crippen LogP) is 1.75. The molecule has 0 aromatic heterocycles. The Bertz CT molecular complexity index is 589. The number of aliphatic carboxylic acids is 1. The Hall–Kier alpha value is -1.63. The molecular weight excluding hydrogens is 330 g/mol. The Morgan fingerprint density at radius 3 is 2.65 bits per heavy atom. The Balaban J connectivity index is 1.54. The monoisotopic (exact) mass is 361 g/mol. The third kappa shape index (κ3) is 5.19. The van der Waals surface area contributed by atoms with E-state index in [1.807, 2.05) is 30.1 Å². The lowest BCUT2D eigenvalue weighted by atomic mass is 10.1. The third-order valence-corrected chi connectivity index (χ3v) is 5.50. The van der Waals surface area contributed by atoms with E-state index in [0.717, 1.165) is 37.5 Å². The summed E-state index contributed by atoms with van der Waals surface area (Å²) in [6, 6.07) is 7.71. The number of piperidine rings is 1. The molecule has 0 saturated carbocycles. The molecule has 2 fully saturated rings. The summed E-state index contributed by atoms with van der Waals surface area (Å²) in [6.07, 6.45) is 3.94. The van der Waals surface area contributed by atoms with Crippen molar-refractivity contribution >= 4 is 5.97 Å². The number of carboxylic acids is 1. The average Bonchev–Trinajstić information content (AvgIpc) is 2.65. The van der Waals surface area contributed by atoms with Crippen molar-refractivity contribution in [1.82, 2.24) is 14.7 Å². The summed E-state index contributed by atoms with van der Waals surface area (Å²) in [5.74, 6) is 0.179. The van der Waals surface area contributed by atoms with Crippen LogP contribution in [0.4, 0.5) is 0 Å². The van der Waals surface area contributed by atoms with E-state index in [1.165, 1.54) is 32.4 Å². The second kappa shape index (κ2) is 9.35. The van der Waals surface area contributed by atoms with Crippen molar-refractivity contribution in [2.24, 2.45) is 0 Å². The Labute approximate surface area is 156 Å². The maximum absolute atomic E-state index is 11.4. The highest BCUT2D eigenvalue weighted by Gasteiger charge is 2.30. The number of ether oxygens (including phenoxy) is 1. The number of carbonyl (C=O) groups is 1. The topological polar surface area (TPSA) is 56.2 Å². The van der Waals surface area contributed by atoms with Crippen LogP contribution in [0.2, 0.25) is 0 Å². The first-order valence-corrected chi connectivity index (χ1v) is 9.72. The molecule has 2 aliphatic heterocycles. The molecule has 1 aromatic rings. The summed E-state index contributed by atoms with van der Waals surface area (Å²) in [7, 11) is 1.88. The lowest BCUT2D eigenvalue weighted by Crippen LogP contribution is -2.54. The quantitative estimate of drug-likeness (QED) is 0.799. The van der Waals surface area contributed by atoms with Gasteiger partial charge in [-0.3, -0.25) is 19.5 Å². The highest BCUT2D eigenvalue weighted by atomic mass is 16.5. The molecule has 3 rings (SSSR count). The van der Waals surface area contributed by atoms with Crippen LogP contribution in [0.15, 0.2) is 24.3 Å². The SMILES string of the molecule is CN1CCN(Cc2ccccc2OCCN2CCCCC2)CC1C(=O)O. The van der Waals surface area contributed by atoms with Crippen LogP contribution >= 0.6 is 0 Å². The summed E-state index contributed by atoms with van der Waals surface area (Å²) in [6.45, 7) is 6.98. The molecule has 0 amide bonds. The Morgan fingerprint density at radius 1 is 1.12 bits per heavy atom. The number of carboxylic acid groups (broad SMARTS) is 1. The number of nitrogens with zero attached hydrogens (tertiary/aromatic N) is 3. The molecule has 2 aliphatic rings. The van der Waals surface area contributed by atoms with Crippen LogP contribution in [-0.2, 0) is 11.3 Å². The van der Waals surface area contributed by atoms with Crippen molar-refractivity contribution in [3.05, 3.63) is 29.8 Å². The van der Waals surface area contributed by atoms with E-state index in [9.17, 15) is 9.90 Å². The van der Waals surface area contributed by atoms with Gasteiger partial charge in [0.1, 0.15) is 18.4 Å². The summed E-state index contributed by atoms with van der Waals surface area (Å²) < 4.78 is 6.08. The van der Waals surface area contributed by atoms with Gasteiger partial charge in [0.2, 0.25) is 0 Å². The van der Waals surface area contributed by atoms with Crippen molar-refractivity contribution in [2.75, 3.05) is 52.9 Å². The maximum atomic E-state index is 11.4. The minimum Gasteiger partial charge on any atom is -0.492 e. The number of likely N-dealkylation sites (tertiary alicyclic amines) is 1. The first kappa shape index (κ1) is 19.1. The molecule has 1 unspecified atom stereocenters. The number of rotatable bonds is 7. The summed E-state index contributed by atoms with van der Waals surface area (Å²) in [5.41, 5.74) is 1.14. The van der Waals surface area contributed by atoms with Gasteiger partial charge < -0.3 is 9.84 Å². The van der Waals surface area contributed by atoms with E-state index < -0.39 is 12.0 Å². The molecule has 2 saturated heterocycles. The van der Waals surface area contributed by atoms with Gasteiger partial charge in [0.25, 0.3) is 0 Å². The van der Waals surface area contributed by atoms with E-state index >= 15 is 0 Å². The van der Waals surface area contributed by atoms with Gasteiger partial charge in [-0.2, -0.15) is 0 Å². The average molecular weight is 361 g/mol. The maximum Gasteiger partial charge on any atom is 0.322 e. The second-order valence-corrected chi connectivity index (χ2v) is 7.43.